The number of nitrogens with zero attached hydrogens (tertiary/aromatic N) is 6. The second kappa shape index (κ2) is 18.5. The number of nitrogens with one attached hydrogen (secondary N) is 3. The first-order valence-electron chi connectivity index (χ1n) is 24.1. The molecular weight excluding hydrogens is 847 g/mol. The van der Waals surface area contributed by atoms with Crippen LogP contribution in [0.5, 0.6) is 0 Å². The number of alkyl carbamates (subject to hydrolysis) is 1. The summed E-state index contributed by atoms with van der Waals surface area (Å²) in [5.41, 5.74) is 10.6. The number of likely N-dealkylation sites (tertiary alicyclic amines) is 2. The standard InChI is InChI=1S/C52H69N9O6/c1-28(2)42(57-50(64)67-11)48(62)59-26-12-14-40(59)46-53-36-22-20-34(30(5)43(36)55-46)38-24-25-39(61(38)33-18-16-32(17-19-33)52(7,8)9)35-21-23-37-44(31(35)6)56-47(54-37)41-15-13-27-60(41)49(63)45(29(3)4)58(10)51(65)66/h16-23,28-29,38-42,45H,12-15,24-27H2,1-11H3,(H,53,55)(H,54,56)(H,57,64)(H,65,66)/t38-,39-,40+,41+,42+,45+/m1/s1. The number of ether oxygens (including phenoxy) is 1. The number of fused-ring (bicyclic) bond motifs is 2. The van der Waals surface area contributed by atoms with Crippen molar-refractivity contribution in [3.63, 3.8) is 0 Å². The predicted octanol–water partition coefficient (Wildman–Crippen LogP) is 9.78. The van der Waals surface area contributed by atoms with E-state index in [0.717, 1.165) is 94.0 Å². The number of carbonyl (C=O) groups is 4. The predicted molar refractivity (Wildman–Crippen MR) is 260 cm³/mol. The molecule has 0 aliphatic carbocycles. The Morgan fingerprint density at radius 1 is 0.731 bits per heavy atom. The first-order chi connectivity index (χ1) is 31.8. The molecule has 3 saturated heterocycles. The first kappa shape index (κ1) is 47.4. The number of likely N-dealkylation sites (N-methyl/N-ethyl adjacent to an activating group) is 1. The van der Waals surface area contributed by atoms with Gasteiger partial charge in [0.1, 0.15) is 23.7 Å². The molecule has 0 unspecified atom stereocenters. The summed E-state index contributed by atoms with van der Waals surface area (Å²) < 4.78 is 4.85. The highest BCUT2D eigenvalue weighted by molar-refractivity contribution is 5.88. The molecule has 8 rings (SSSR count). The van der Waals surface area contributed by atoms with Gasteiger partial charge in [-0.25, -0.2) is 19.6 Å². The molecule has 0 radical (unpaired) electrons. The van der Waals surface area contributed by atoms with Crippen molar-refractivity contribution in [1.29, 1.82) is 0 Å². The van der Waals surface area contributed by atoms with Gasteiger partial charge in [-0.1, -0.05) is 72.7 Å². The number of rotatable bonds is 11. The molecule has 0 spiro atoms. The Kier molecular flexibility index (Phi) is 13.1. The van der Waals surface area contributed by atoms with Crippen molar-refractivity contribution in [3.8, 4) is 0 Å². The van der Waals surface area contributed by atoms with E-state index in [-0.39, 0.29) is 53.2 Å². The van der Waals surface area contributed by atoms with E-state index in [4.69, 9.17) is 14.7 Å². The number of methoxy groups -OCH3 is 1. The molecule has 4 amide bonds. The van der Waals surface area contributed by atoms with E-state index < -0.39 is 24.3 Å². The van der Waals surface area contributed by atoms with Gasteiger partial charge in [0.2, 0.25) is 11.8 Å². The number of imidazole rings is 2. The minimum Gasteiger partial charge on any atom is -0.465 e. The number of hydrogen-bond donors (Lipinski definition) is 4. The Hall–Kier alpha value is -6.12. The van der Waals surface area contributed by atoms with Gasteiger partial charge >= 0.3 is 12.2 Å². The van der Waals surface area contributed by atoms with Crippen LogP contribution in [0.25, 0.3) is 22.1 Å². The van der Waals surface area contributed by atoms with Crippen molar-refractivity contribution in [2.75, 3.05) is 32.1 Å². The number of amides is 4. The van der Waals surface area contributed by atoms with Gasteiger partial charge in [0.05, 0.1) is 53.3 Å². The zero-order valence-corrected chi connectivity index (χ0v) is 41.1. The van der Waals surface area contributed by atoms with Crippen molar-refractivity contribution in [2.45, 2.75) is 143 Å². The van der Waals surface area contributed by atoms with Gasteiger partial charge in [-0.05, 0) is 122 Å². The summed E-state index contributed by atoms with van der Waals surface area (Å²) in [5, 5.41) is 12.6. The SMILES string of the molecule is COC(=O)N[C@H](C(=O)N1CCC[C@H]1c1nc2c(C)c([C@H]3CC[C@H](c4ccc5[nH]c([C@@H]6CCCN6C(=O)[C@H](C(C)C)N(C)C(=O)O)nc5c4C)N3c3ccc(C(C)(C)C)cc3)ccc2[nH]1)C(C)C. The number of aromatic nitrogens is 4. The lowest BCUT2D eigenvalue weighted by molar-refractivity contribution is -0.138. The molecule has 358 valence electrons. The fourth-order valence-corrected chi connectivity index (χ4v) is 11.1. The Balaban J connectivity index is 1.13. The summed E-state index contributed by atoms with van der Waals surface area (Å²) in [7, 11) is 2.77. The number of hydrogen-bond acceptors (Lipinski definition) is 8. The third kappa shape index (κ3) is 8.81. The van der Waals surface area contributed by atoms with Gasteiger partial charge < -0.3 is 39.8 Å². The van der Waals surface area contributed by atoms with E-state index >= 15 is 0 Å². The Bertz CT molecular complexity index is 2660. The zero-order valence-electron chi connectivity index (χ0n) is 41.1. The van der Waals surface area contributed by atoms with Gasteiger partial charge in [-0.3, -0.25) is 14.5 Å². The molecule has 5 aromatic rings. The molecule has 0 bridgehead atoms. The largest absolute Gasteiger partial charge is 0.465 e. The van der Waals surface area contributed by atoms with Gasteiger partial charge in [0.15, 0.2) is 0 Å². The highest BCUT2D eigenvalue weighted by atomic mass is 16.5. The number of carbonyl (C=O) groups excluding carboxylic acids is 3. The van der Waals surface area contributed by atoms with E-state index in [1.807, 2.05) is 37.5 Å². The molecule has 3 aliphatic rings. The normalized spacial score (nSPS) is 20.9. The van der Waals surface area contributed by atoms with Crippen molar-refractivity contribution < 1.29 is 29.0 Å². The molecule has 3 fully saturated rings. The second-order valence-electron chi connectivity index (χ2n) is 20.7. The molecule has 0 saturated carbocycles. The van der Waals surface area contributed by atoms with Gasteiger partial charge in [-0.2, -0.15) is 0 Å². The highest BCUT2D eigenvalue weighted by Gasteiger charge is 2.42. The maximum absolute atomic E-state index is 14.0. The van der Waals surface area contributed by atoms with Crippen molar-refractivity contribution in [3.05, 3.63) is 88.0 Å². The lowest BCUT2D eigenvalue weighted by Crippen LogP contribution is -2.51. The van der Waals surface area contributed by atoms with Crippen LogP contribution in [0, 0.1) is 25.7 Å². The maximum Gasteiger partial charge on any atom is 0.407 e. The smallest absolute Gasteiger partial charge is 0.407 e. The molecule has 15 nitrogen and oxygen atoms in total. The average molecular weight is 916 g/mol. The lowest BCUT2D eigenvalue weighted by Gasteiger charge is -2.35. The quantitative estimate of drug-likeness (QED) is 0.100. The van der Waals surface area contributed by atoms with Gasteiger partial charge in [0.25, 0.3) is 0 Å². The fourth-order valence-electron chi connectivity index (χ4n) is 11.1. The van der Waals surface area contributed by atoms with Crippen LogP contribution in [0.3, 0.4) is 0 Å². The van der Waals surface area contributed by atoms with Crippen molar-refractivity contribution in [1.82, 2.24) is 40.0 Å². The monoisotopic (exact) mass is 916 g/mol. The van der Waals surface area contributed by atoms with Crippen LogP contribution in [0.15, 0.2) is 48.5 Å². The van der Waals surface area contributed by atoms with Gasteiger partial charge in [0, 0.05) is 25.8 Å². The molecule has 5 heterocycles. The Morgan fingerprint density at radius 2 is 1.22 bits per heavy atom. The zero-order chi connectivity index (χ0) is 48.2. The number of benzene rings is 3. The van der Waals surface area contributed by atoms with Crippen LogP contribution in [0.4, 0.5) is 15.3 Å². The van der Waals surface area contributed by atoms with Crippen LogP contribution in [-0.2, 0) is 19.7 Å². The van der Waals surface area contributed by atoms with Crippen molar-refractivity contribution >= 4 is 51.8 Å². The second-order valence-corrected chi connectivity index (χ2v) is 20.7. The summed E-state index contributed by atoms with van der Waals surface area (Å²) in [6.07, 6.45) is 3.23. The van der Waals surface area contributed by atoms with Crippen LogP contribution in [0.1, 0.15) is 151 Å². The van der Waals surface area contributed by atoms with Crippen molar-refractivity contribution in [2.24, 2.45) is 11.8 Å². The maximum atomic E-state index is 14.0. The number of carboxylic acid groups (broad SMARTS) is 1. The molecule has 3 aliphatic heterocycles. The van der Waals surface area contributed by atoms with E-state index in [1.54, 1.807) is 0 Å². The lowest BCUT2D eigenvalue weighted by atomic mass is 9.87. The van der Waals surface area contributed by atoms with E-state index in [1.165, 1.54) is 30.8 Å². The number of anilines is 1. The summed E-state index contributed by atoms with van der Waals surface area (Å²) in [6.45, 7) is 19.7. The topological polar surface area (TPSA) is 180 Å². The van der Waals surface area contributed by atoms with Crippen LogP contribution < -0.4 is 10.2 Å². The van der Waals surface area contributed by atoms with E-state index in [2.05, 4.69) is 103 Å². The minimum atomic E-state index is -1.12. The number of aromatic amines is 2. The summed E-state index contributed by atoms with van der Waals surface area (Å²) in [6, 6.07) is 15.8. The molecule has 67 heavy (non-hydrogen) atoms. The molecular formula is C52H69N9O6. The minimum absolute atomic E-state index is 0.00459. The number of aryl methyl sites for hydroxylation is 2. The highest BCUT2D eigenvalue weighted by Crippen LogP contribution is 2.50. The Morgan fingerprint density at radius 3 is 1.66 bits per heavy atom. The Labute approximate surface area is 394 Å². The molecule has 2 aromatic heterocycles. The van der Waals surface area contributed by atoms with E-state index in [0.29, 0.717) is 13.1 Å². The summed E-state index contributed by atoms with van der Waals surface area (Å²) in [4.78, 5) is 77.2. The first-order valence-corrected chi connectivity index (χ1v) is 24.1. The number of H-pyrrole nitrogens is 2. The van der Waals surface area contributed by atoms with Crippen LogP contribution in [-0.4, -0.2) is 103 Å². The average Bonchev–Trinajstić information content (AvgIpc) is 4.14. The molecule has 3 aromatic carbocycles. The fraction of sp³-hybridized carbons (Fsp3) is 0.538. The summed E-state index contributed by atoms with van der Waals surface area (Å²) >= 11 is 0. The molecule has 6 atom stereocenters. The molecule has 15 heteroatoms. The molecule has 4 N–H and O–H groups in total. The van der Waals surface area contributed by atoms with Gasteiger partial charge in [-0.15, -0.1) is 0 Å². The summed E-state index contributed by atoms with van der Waals surface area (Å²) in [5.74, 6) is 0.831. The van der Waals surface area contributed by atoms with Crippen LogP contribution >= 0.6 is 0 Å². The third-order valence-electron chi connectivity index (χ3n) is 14.8. The third-order valence-corrected chi connectivity index (χ3v) is 14.8. The van der Waals surface area contributed by atoms with E-state index in [9.17, 15) is 24.3 Å². The van der Waals surface area contributed by atoms with Crippen LogP contribution in [0.2, 0.25) is 0 Å².